The van der Waals surface area contributed by atoms with E-state index in [1.807, 2.05) is 31.2 Å². The van der Waals surface area contributed by atoms with Crippen LogP contribution in [0.1, 0.15) is 17.2 Å². The highest BCUT2D eigenvalue weighted by molar-refractivity contribution is 7.85. The monoisotopic (exact) mass is 253 g/mol. The quantitative estimate of drug-likeness (QED) is 0.819. The maximum Gasteiger partial charge on any atom is 0.321 e. The van der Waals surface area contributed by atoms with Gasteiger partial charge in [-0.1, -0.05) is 24.3 Å². The van der Waals surface area contributed by atoms with E-state index in [0.29, 0.717) is 5.75 Å². The van der Waals surface area contributed by atoms with Gasteiger partial charge in [-0.05, 0) is 18.1 Å². The van der Waals surface area contributed by atoms with Gasteiger partial charge in [-0.2, -0.15) is 0 Å². The minimum absolute atomic E-state index is 0.133. The van der Waals surface area contributed by atoms with Gasteiger partial charge in [0.25, 0.3) is 0 Å². The van der Waals surface area contributed by atoms with E-state index >= 15 is 0 Å². The first kappa shape index (κ1) is 12.3. The maximum absolute atomic E-state index is 11.7. The van der Waals surface area contributed by atoms with Gasteiger partial charge in [0.05, 0.1) is 0 Å². The molecule has 92 valence electrons. The zero-order valence-electron chi connectivity index (χ0n) is 9.55. The number of benzene rings is 1. The Bertz CT molecular complexity index is 461. The van der Waals surface area contributed by atoms with E-state index < -0.39 is 22.8 Å². The van der Waals surface area contributed by atoms with Gasteiger partial charge >= 0.3 is 5.97 Å². The molecule has 1 aromatic carbocycles. The number of carboxylic acids is 1. The third-order valence-corrected chi connectivity index (χ3v) is 4.38. The smallest absolute Gasteiger partial charge is 0.321 e. The van der Waals surface area contributed by atoms with Crippen molar-refractivity contribution >= 4 is 16.8 Å². The molecule has 17 heavy (non-hydrogen) atoms. The molecule has 5 heteroatoms. The van der Waals surface area contributed by atoms with Crippen LogP contribution in [0.2, 0.25) is 0 Å². The van der Waals surface area contributed by atoms with Crippen molar-refractivity contribution in [2.24, 2.45) is 0 Å². The van der Waals surface area contributed by atoms with Crippen molar-refractivity contribution < 1.29 is 14.1 Å². The molecule has 0 amide bonds. The minimum atomic E-state index is -1.07. The Morgan fingerprint density at radius 3 is 2.76 bits per heavy atom. The highest BCUT2D eigenvalue weighted by Gasteiger charge is 2.31. The normalized spacial score (nSPS) is 28.9. The van der Waals surface area contributed by atoms with Gasteiger partial charge in [0, 0.05) is 28.3 Å². The molecule has 1 aromatic rings. The average Bonchev–Trinajstić information content (AvgIpc) is 2.28. The Morgan fingerprint density at radius 2 is 2.12 bits per heavy atom. The lowest BCUT2D eigenvalue weighted by Gasteiger charge is -2.29. The van der Waals surface area contributed by atoms with Crippen molar-refractivity contribution in [3.05, 3.63) is 35.4 Å². The van der Waals surface area contributed by atoms with Crippen LogP contribution in [0, 0.1) is 6.92 Å². The predicted molar refractivity (Wildman–Crippen MR) is 66.4 cm³/mol. The second-order valence-corrected chi connectivity index (χ2v) is 5.79. The lowest BCUT2D eigenvalue weighted by molar-refractivity contribution is -0.139. The standard InChI is InChI=1S/C12H15NO3S/c1-8-4-2-3-5-9(8)10-6-17(16)7-11(13-10)12(14)15/h2-5,10-11,13H,6-7H2,1H3,(H,14,15). The second-order valence-electron chi connectivity index (χ2n) is 4.24. The zero-order valence-corrected chi connectivity index (χ0v) is 10.4. The number of carbonyl (C=O) groups is 1. The molecule has 0 spiro atoms. The van der Waals surface area contributed by atoms with E-state index in [1.54, 1.807) is 0 Å². The van der Waals surface area contributed by atoms with Gasteiger partial charge in [-0.15, -0.1) is 0 Å². The topological polar surface area (TPSA) is 66.4 Å². The predicted octanol–water partition coefficient (Wildman–Crippen LogP) is 0.841. The zero-order chi connectivity index (χ0) is 12.4. The molecular weight excluding hydrogens is 238 g/mol. The van der Waals surface area contributed by atoms with E-state index in [9.17, 15) is 9.00 Å². The molecule has 2 rings (SSSR count). The van der Waals surface area contributed by atoms with Crippen LogP contribution in [0.3, 0.4) is 0 Å². The first-order valence-corrected chi connectivity index (χ1v) is 6.96. The van der Waals surface area contributed by atoms with Crippen molar-refractivity contribution in [2.75, 3.05) is 11.5 Å². The van der Waals surface area contributed by atoms with Crippen LogP contribution in [0.15, 0.2) is 24.3 Å². The highest BCUT2D eigenvalue weighted by Crippen LogP contribution is 2.22. The fourth-order valence-electron chi connectivity index (χ4n) is 2.08. The van der Waals surface area contributed by atoms with Gasteiger partial charge in [0.1, 0.15) is 6.04 Å². The van der Waals surface area contributed by atoms with E-state index in [1.165, 1.54) is 0 Å². The summed E-state index contributed by atoms with van der Waals surface area (Å²) >= 11 is 0. The molecule has 2 N–H and O–H groups in total. The largest absolute Gasteiger partial charge is 0.480 e. The Morgan fingerprint density at radius 1 is 1.41 bits per heavy atom. The Hall–Kier alpha value is -1.20. The molecule has 3 unspecified atom stereocenters. The van der Waals surface area contributed by atoms with Gasteiger partial charge in [0.2, 0.25) is 0 Å². The SMILES string of the molecule is Cc1ccccc1C1CS(=O)CC(C(=O)O)N1. The first-order valence-electron chi connectivity index (χ1n) is 5.47. The number of nitrogens with one attached hydrogen (secondary N) is 1. The molecule has 0 saturated carbocycles. The Balaban J connectivity index is 2.24. The average molecular weight is 253 g/mol. The number of hydrogen-bond donors (Lipinski definition) is 2. The number of carboxylic acid groups (broad SMARTS) is 1. The third-order valence-electron chi connectivity index (χ3n) is 2.97. The summed E-state index contributed by atoms with van der Waals surface area (Å²) in [5.74, 6) is -0.261. The summed E-state index contributed by atoms with van der Waals surface area (Å²) in [6, 6.07) is 6.93. The molecule has 0 bridgehead atoms. The molecule has 1 heterocycles. The molecule has 3 atom stereocenters. The minimum Gasteiger partial charge on any atom is -0.480 e. The Labute approximate surface area is 102 Å². The van der Waals surface area contributed by atoms with E-state index in [-0.39, 0.29) is 11.8 Å². The molecule has 1 saturated heterocycles. The van der Waals surface area contributed by atoms with E-state index in [0.717, 1.165) is 11.1 Å². The van der Waals surface area contributed by atoms with Crippen LogP contribution in [-0.4, -0.2) is 32.8 Å². The van der Waals surface area contributed by atoms with Gasteiger partial charge < -0.3 is 5.11 Å². The Kier molecular flexibility index (Phi) is 3.59. The highest BCUT2D eigenvalue weighted by atomic mass is 32.2. The molecule has 0 aromatic heterocycles. The van der Waals surface area contributed by atoms with Crippen LogP contribution < -0.4 is 5.32 Å². The molecular formula is C12H15NO3S. The van der Waals surface area contributed by atoms with Crippen molar-refractivity contribution in [1.82, 2.24) is 5.32 Å². The van der Waals surface area contributed by atoms with Crippen molar-refractivity contribution in [1.29, 1.82) is 0 Å². The molecule has 0 aliphatic carbocycles. The lowest BCUT2D eigenvalue weighted by Crippen LogP contribution is -2.49. The van der Waals surface area contributed by atoms with Gasteiger partial charge in [-0.25, -0.2) is 0 Å². The number of aryl methyl sites for hydroxylation is 1. The summed E-state index contributed by atoms with van der Waals surface area (Å²) in [7, 11) is -1.07. The summed E-state index contributed by atoms with van der Waals surface area (Å²) in [5, 5.41) is 12.0. The fraction of sp³-hybridized carbons (Fsp3) is 0.417. The summed E-state index contributed by atoms with van der Waals surface area (Å²) in [6.45, 7) is 1.98. The van der Waals surface area contributed by atoms with Crippen molar-refractivity contribution in [2.45, 2.75) is 19.0 Å². The van der Waals surface area contributed by atoms with Crippen molar-refractivity contribution in [3.63, 3.8) is 0 Å². The summed E-state index contributed by atoms with van der Waals surface area (Å²) in [6.07, 6.45) is 0. The maximum atomic E-state index is 11.7. The molecule has 1 aliphatic rings. The van der Waals surface area contributed by atoms with E-state index in [2.05, 4.69) is 5.32 Å². The van der Waals surface area contributed by atoms with Crippen LogP contribution in [0.5, 0.6) is 0 Å². The molecule has 4 nitrogen and oxygen atoms in total. The second kappa shape index (κ2) is 4.98. The summed E-state index contributed by atoms with van der Waals surface area (Å²) in [4.78, 5) is 11.0. The number of aliphatic carboxylic acids is 1. The summed E-state index contributed by atoms with van der Waals surface area (Å²) in [5.41, 5.74) is 2.12. The lowest BCUT2D eigenvalue weighted by atomic mass is 10.0. The molecule has 0 radical (unpaired) electrons. The fourth-order valence-corrected chi connectivity index (χ4v) is 3.47. The van der Waals surface area contributed by atoms with E-state index in [4.69, 9.17) is 5.11 Å². The third kappa shape index (κ3) is 2.73. The van der Waals surface area contributed by atoms with Crippen LogP contribution >= 0.6 is 0 Å². The molecule has 1 aliphatic heterocycles. The van der Waals surface area contributed by atoms with Crippen LogP contribution in [-0.2, 0) is 15.6 Å². The van der Waals surface area contributed by atoms with Gasteiger partial charge in [-0.3, -0.25) is 14.3 Å². The molecule has 1 fully saturated rings. The summed E-state index contributed by atoms with van der Waals surface area (Å²) < 4.78 is 11.7. The number of hydrogen-bond acceptors (Lipinski definition) is 3. The van der Waals surface area contributed by atoms with Crippen molar-refractivity contribution in [3.8, 4) is 0 Å². The first-order chi connectivity index (χ1) is 8.08. The van der Waals surface area contributed by atoms with Gasteiger partial charge in [0.15, 0.2) is 0 Å². The van der Waals surface area contributed by atoms with Crippen LogP contribution in [0.4, 0.5) is 0 Å². The van der Waals surface area contributed by atoms with Crippen LogP contribution in [0.25, 0.3) is 0 Å². The number of rotatable bonds is 2.